The molecule has 0 aliphatic carbocycles. The van der Waals surface area contributed by atoms with E-state index in [1.807, 2.05) is 6.07 Å². The maximum Gasteiger partial charge on any atom is 0.228 e. The lowest BCUT2D eigenvalue weighted by molar-refractivity contribution is -0.115. The second-order valence-electron chi connectivity index (χ2n) is 5.98. The summed E-state index contributed by atoms with van der Waals surface area (Å²) in [5.74, 6) is 1.21. The Hall–Kier alpha value is -3.61. The fourth-order valence-electron chi connectivity index (χ4n) is 2.64. The zero-order valence-corrected chi connectivity index (χ0v) is 15.5. The van der Waals surface area contributed by atoms with Crippen LogP contribution in [0.4, 0.5) is 21.6 Å². The van der Waals surface area contributed by atoms with E-state index in [4.69, 9.17) is 9.47 Å². The van der Waals surface area contributed by atoms with E-state index < -0.39 is 0 Å². The minimum atomic E-state index is -0.330. The van der Waals surface area contributed by atoms with Gasteiger partial charge in [-0.25, -0.2) is 9.37 Å². The van der Waals surface area contributed by atoms with Crippen LogP contribution in [0.2, 0.25) is 0 Å². The Labute approximate surface area is 162 Å². The van der Waals surface area contributed by atoms with Crippen molar-refractivity contribution in [1.82, 2.24) is 4.98 Å². The Morgan fingerprint density at radius 1 is 1.00 bits per heavy atom. The number of methoxy groups -OCH3 is 2. The Bertz CT molecular complexity index is 961. The molecule has 2 N–H and O–H groups in total. The van der Waals surface area contributed by atoms with E-state index >= 15 is 0 Å². The number of rotatable bonds is 7. The highest BCUT2D eigenvalue weighted by atomic mass is 19.1. The summed E-state index contributed by atoms with van der Waals surface area (Å²) in [6, 6.07) is 14.9. The lowest BCUT2D eigenvalue weighted by atomic mass is 10.1. The molecule has 0 bridgehead atoms. The molecule has 1 amide bonds. The van der Waals surface area contributed by atoms with E-state index in [0.717, 1.165) is 5.56 Å². The summed E-state index contributed by atoms with van der Waals surface area (Å²) >= 11 is 0. The van der Waals surface area contributed by atoms with E-state index in [1.165, 1.54) is 18.3 Å². The SMILES string of the molecule is COc1ccc(CC(=O)Nc2ccc(Nc3cccc(F)c3)nc2)cc1OC. The molecule has 0 radical (unpaired) electrons. The predicted molar refractivity (Wildman–Crippen MR) is 106 cm³/mol. The maximum absolute atomic E-state index is 13.2. The average molecular weight is 381 g/mol. The Morgan fingerprint density at radius 2 is 1.82 bits per heavy atom. The summed E-state index contributed by atoms with van der Waals surface area (Å²) < 4.78 is 23.7. The molecule has 0 unspecified atom stereocenters. The van der Waals surface area contributed by atoms with Crippen molar-refractivity contribution in [3.05, 3.63) is 72.2 Å². The second-order valence-corrected chi connectivity index (χ2v) is 5.98. The smallest absolute Gasteiger partial charge is 0.228 e. The van der Waals surface area contributed by atoms with Crippen molar-refractivity contribution in [2.45, 2.75) is 6.42 Å². The molecular formula is C21H20FN3O3. The van der Waals surface area contributed by atoms with Gasteiger partial charge in [0.05, 0.1) is 32.5 Å². The lowest BCUT2D eigenvalue weighted by Crippen LogP contribution is -2.14. The highest BCUT2D eigenvalue weighted by molar-refractivity contribution is 5.92. The van der Waals surface area contributed by atoms with Crippen molar-refractivity contribution in [3.8, 4) is 11.5 Å². The van der Waals surface area contributed by atoms with Crippen LogP contribution >= 0.6 is 0 Å². The Kier molecular flexibility index (Phi) is 6.06. The third-order valence-corrected chi connectivity index (χ3v) is 3.96. The molecule has 144 valence electrons. The number of amides is 1. The van der Waals surface area contributed by atoms with E-state index in [-0.39, 0.29) is 18.1 Å². The number of nitrogens with zero attached hydrogens (tertiary/aromatic N) is 1. The molecule has 1 heterocycles. The van der Waals surface area contributed by atoms with Crippen LogP contribution in [0.3, 0.4) is 0 Å². The van der Waals surface area contributed by atoms with Crippen molar-refractivity contribution >= 4 is 23.1 Å². The van der Waals surface area contributed by atoms with Gasteiger partial charge in [-0.3, -0.25) is 4.79 Å². The number of hydrogen-bond donors (Lipinski definition) is 2. The number of aromatic nitrogens is 1. The van der Waals surface area contributed by atoms with Crippen LogP contribution in [0, 0.1) is 5.82 Å². The van der Waals surface area contributed by atoms with Gasteiger partial charge in [0.2, 0.25) is 5.91 Å². The number of carbonyl (C=O) groups is 1. The summed E-state index contributed by atoms with van der Waals surface area (Å²) in [5, 5.41) is 5.79. The van der Waals surface area contributed by atoms with Gasteiger partial charge in [-0.1, -0.05) is 12.1 Å². The summed E-state index contributed by atoms with van der Waals surface area (Å²) in [7, 11) is 3.11. The molecular weight excluding hydrogens is 361 g/mol. The maximum atomic E-state index is 13.2. The predicted octanol–water partition coefficient (Wildman–Crippen LogP) is 4.16. The molecule has 0 saturated heterocycles. The second kappa shape index (κ2) is 8.85. The zero-order chi connectivity index (χ0) is 19.9. The van der Waals surface area contributed by atoms with Crippen molar-refractivity contribution < 1.29 is 18.7 Å². The van der Waals surface area contributed by atoms with E-state index in [9.17, 15) is 9.18 Å². The topological polar surface area (TPSA) is 72.5 Å². The van der Waals surface area contributed by atoms with Gasteiger partial charge in [0.15, 0.2) is 11.5 Å². The van der Waals surface area contributed by atoms with Gasteiger partial charge in [0.25, 0.3) is 0 Å². The quantitative estimate of drug-likeness (QED) is 0.643. The number of anilines is 3. The van der Waals surface area contributed by atoms with Crippen molar-refractivity contribution in [1.29, 1.82) is 0 Å². The van der Waals surface area contributed by atoms with Crippen LogP contribution in [-0.2, 0) is 11.2 Å². The molecule has 0 aliphatic heterocycles. The molecule has 0 saturated carbocycles. The van der Waals surface area contributed by atoms with Gasteiger partial charge in [-0.2, -0.15) is 0 Å². The third-order valence-electron chi connectivity index (χ3n) is 3.96. The first-order chi connectivity index (χ1) is 13.6. The number of ether oxygens (including phenoxy) is 2. The van der Waals surface area contributed by atoms with Crippen LogP contribution in [0.25, 0.3) is 0 Å². The van der Waals surface area contributed by atoms with E-state index in [1.54, 1.807) is 50.6 Å². The molecule has 3 aromatic rings. The van der Waals surface area contributed by atoms with Gasteiger partial charge < -0.3 is 20.1 Å². The molecule has 1 aromatic heterocycles. The number of benzene rings is 2. The zero-order valence-electron chi connectivity index (χ0n) is 15.5. The summed E-state index contributed by atoms with van der Waals surface area (Å²) in [6.07, 6.45) is 1.72. The first kappa shape index (κ1) is 19.2. The third kappa shape index (κ3) is 4.97. The fourth-order valence-corrected chi connectivity index (χ4v) is 2.64. The van der Waals surface area contributed by atoms with Crippen LogP contribution in [0.15, 0.2) is 60.8 Å². The minimum Gasteiger partial charge on any atom is -0.493 e. The summed E-state index contributed by atoms with van der Waals surface area (Å²) in [6.45, 7) is 0. The monoisotopic (exact) mass is 381 g/mol. The number of carbonyl (C=O) groups excluding carboxylic acids is 1. The van der Waals surface area contributed by atoms with Gasteiger partial charge >= 0.3 is 0 Å². The standard InChI is InChI=1S/C21H20FN3O3/c1-27-18-8-6-14(10-19(18)28-2)11-21(26)25-17-7-9-20(23-13-17)24-16-5-3-4-15(22)12-16/h3-10,12-13H,11H2,1-2H3,(H,23,24)(H,25,26). The van der Waals surface area contributed by atoms with Gasteiger partial charge in [0, 0.05) is 5.69 Å². The van der Waals surface area contributed by atoms with Crippen LogP contribution in [0.1, 0.15) is 5.56 Å². The van der Waals surface area contributed by atoms with Crippen LogP contribution in [0.5, 0.6) is 11.5 Å². The van der Waals surface area contributed by atoms with Gasteiger partial charge in [-0.15, -0.1) is 0 Å². The van der Waals surface area contributed by atoms with Crippen molar-refractivity contribution in [3.63, 3.8) is 0 Å². The molecule has 6 nitrogen and oxygen atoms in total. The number of pyridine rings is 1. The summed E-state index contributed by atoms with van der Waals surface area (Å²) in [4.78, 5) is 16.5. The van der Waals surface area contributed by atoms with Crippen LogP contribution < -0.4 is 20.1 Å². The van der Waals surface area contributed by atoms with E-state index in [0.29, 0.717) is 28.7 Å². The van der Waals surface area contributed by atoms with Gasteiger partial charge in [-0.05, 0) is 48.0 Å². The number of nitrogens with one attached hydrogen (secondary N) is 2. The molecule has 0 atom stereocenters. The molecule has 2 aromatic carbocycles. The number of halogens is 1. The summed E-state index contributed by atoms with van der Waals surface area (Å²) in [5.41, 5.74) is 1.96. The number of hydrogen-bond acceptors (Lipinski definition) is 5. The van der Waals surface area contributed by atoms with Crippen LogP contribution in [-0.4, -0.2) is 25.1 Å². The van der Waals surface area contributed by atoms with Gasteiger partial charge in [0.1, 0.15) is 11.6 Å². The molecule has 28 heavy (non-hydrogen) atoms. The average Bonchev–Trinajstić information content (AvgIpc) is 2.69. The van der Waals surface area contributed by atoms with E-state index in [2.05, 4.69) is 15.6 Å². The van der Waals surface area contributed by atoms with Crippen molar-refractivity contribution in [2.75, 3.05) is 24.9 Å². The Morgan fingerprint density at radius 3 is 2.50 bits per heavy atom. The fraction of sp³-hybridized carbons (Fsp3) is 0.143. The Balaban J connectivity index is 1.60. The first-order valence-electron chi connectivity index (χ1n) is 8.57. The minimum absolute atomic E-state index is 0.181. The molecule has 0 fully saturated rings. The highest BCUT2D eigenvalue weighted by Crippen LogP contribution is 2.27. The normalized spacial score (nSPS) is 10.2. The molecule has 3 rings (SSSR count). The first-order valence-corrected chi connectivity index (χ1v) is 8.57. The highest BCUT2D eigenvalue weighted by Gasteiger charge is 2.09. The van der Waals surface area contributed by atoms with Crippen molar-refractivity contribution in [2.24, 2.45) is 0 Å². The molecule has 0 aliphatic rings. The largest absolute Gasteiger partial charge is 0.493 e. The molecule has 0 spiro atoms. The molecule has 7 heteroatoms. The lowest BCUT2D eigenvalue weighted by Gasteiger charge is -2.10.